The van der Waals surface area contributed by atoms with Crippen LogP contribution in [0, 0.1) is 17.0 Å². The first-order valence-electron chi connectivity index (χ1n) is 9.27. The van der Waals surface area contributed by atoms with Gasteiger partial charge in [-0.2, -0.15) is 0 Å². The monoisotopic (exact) mass is 469 g/mol. The van der Waals surface area contributed by atoms with E-state index in [2.05, 4.69) is 15.0 Å². The predicted molar refractivity (Wildman–Crippen MR) is 112 cm³/mol. The van der Waals surface area contributed by atoms with Crippen molar-refractivity contribution in [2.75, 3.05) is 19.0 Å². The number of nitrogens with zero attached hydrogens (tertiary/aromatic N) is 3. The fourth-order valence-corrected chi connectivity index (χ4v) is 3.52. The second-order valence-electron chi connectivity index (χ2n) is 6.65. The molecule has 14 heteroatoms. The van der Waals surface area contributed by atoms with E-state index in [0.717, 1.165) is 6.07 Å². The van der Waals surface area contributed by atoms with Crippen LogP contribution in [0.25, 0.3) is 0 Å². The van der Waals surface area contributed by atoms with E-state index in [1.165, 1.54) is 36.9 Å². The number of hydrogen-bond acceptors (Lipinski definition) is 9. The van der Waals surface area contributed by atoms with Crippen LogP contribution in [-0.4, -0.2) is 54.5 Å². The maximum Gasteiger partial charge on any atom is 0.307 e. The lowest BCUT2D eigenvalue weighted by molar-refractivity contribution is -0.384. The number of aromatic nitrogens is 2. The van der Waals surface area contributed by atoms with Crippen LogP contribution in [0.1, 0.15) is 19.2 Å². The molecule has 1 heterocycles. The molecule has 0 radical (unpaired) electrons. The molecule has 13 nitrogen and oxygen atoms in total. The van der Waals surface area contributed by atoms with Gasteiger partial charge in [-0.1, -0.05) is 0 Å². The smallest absolute Gasteiger partial charge is 0.307 e. The number of nitrogens with one attached hydrogen (secondary N) is 2. The van der Waals surface area contributed by atoms with Gasteiger partial charge in [0, 0.05) is 19.8 Å². The number of carbonyl (C=O) groups is 2. The Morgan fingerprint density at radius 2 is 2.03 bits per heavy atom. The van der Waals surface area contributed by atoms with E-state index in [4.69, 9.17) is 9.47 Å². The maximum absolute atomic E-state index is 12.3. The lowest BCUT2D eigenvalue weighted by atomic mass is 10.2. The number of carbonyl (C=O) groups excluding carboxylic acids is 2. The van der Waals surface area contributed by atoms with Crippen molar-refractivity contribution in [2.24, 2.45) is 7.05 Å². The van der Waals surface area contributed by atoms with Crippen molar-refractivity contribution in [2.45, 2.75) is 31.4 Å². The number of nitro benzene ring substituents is 1. The third kappa shape index (κ3) is 6.24. The summed E-state index contributed by atoms with van der Waals surface area (Å²) in [7, 11) is -0.917. The first-order valence-corrected chi connectivity index (χ1v) is 10.8. The topological polar surface area (TPSA) is 172 Å². The molecule has 2 N–H and O–H groups in total. The molecule has 32 heavy (non-hydrogen) atoms. The van der Waals surface area contributed by atoms with Crippen LogP contribution in [0.15, 0.2) is 29.4 Å². The summed E-state index contributed by atoms with van der Waals surface area (Å²) in [6, 6.07) is 3.85. The lowest BCUT2D eigenvalue weighted by Crippen LogP contribution is -2.32. The first-order chi connectivity index (χ1) is 14.9. The normalized spacial score (nSPS) is 12.1. The van der Waals surface area contributed by atoms with E-state index in [0.29, 0.717) is 5.82 Å². The summed E-state index contributed by atoms with van der Waals surface area (Å²) in [4.78, 5) is 38.6. The van der Waals surface area contributed by atoms with Gasteiger partial charge < -0.3 is 19.4 Å². The molecule has 0 aliphatic heterocycles. The van der Waals surface area contributed by atoms with Crippen molar-refractivity contribution < 1.29 is 32.4 Å². The number of methoxy groups -OCH3 is 1. The number of benzene rings is 1. The molecular weight excluding hydrogens is 446 g/mol. The molecule has 0 bridgehead atoms. The molecule has 0 fully saturated rings. The Morgan fingerprint density at radius 3 is 2.59 bits per heavy atom. The molecule has 0 saturated heterocycles. The molecule has 2 aromatic rings. The van der Waals surface area contributed by atoms with E-state index in [1.54, 1.807) is 14.0 Å². The zero-order valence-corrected chi connectivity index (χ0v) is 18.6. The van der Waals surface area contributed by atoms with Gasteiger partial charge in [-0.15, -0.1) is 0 Å². The summed E-state index contributed by atoms with van der Waals surface area (Å²) in [5.74, 6) is -0.896. The van der Waals surface area contributed by atoms with Gasteiger partial charge in [0.15, 0.2) is 11.1 Å². The quantitative estimate of drug-likeness (QED) is 0.291. The number of esters is 1. The van der Waals surface area contributed by atoms with E-state index < -0.39 is 38.6 Å². The molecule has 1 aromatic heterocycles. The van der Waals surface area contributed by atoms with Crippen molar-refractivity contribution in [1.29, 1.82) is 0 Å². The van der Waals surface area contributed by atoms with E-state index in [1.807, 2.05) is 0 Å². The Hall–Kier alpha value is -3.52. The van der Waals surface area contributed by atoms with Crippen LogP contribution in [0.5, 0.6) is 5.75 Å². The largest absolute Gasteiger partial charge is 0.496 e. The summed E-state index contributed by atoms with van der Waals surface area (Å²) in [5.41, 5.74) is -0.488. The van der Waals surface area contributed by atoms with Gasteiger partial charge in [0.1, 0.15) is 17.3 Å². The number of hydrogen-bond donors (Lipinski definition) is 2. The van der Waals surface area contributed by atoms with Crippen molar-refractivity contribution in [1.82, 2.24) is 14.3 Å². The minimum Gasteiger partial charge on any atom is -0.496 e. The molecule has 2 rings (SSSR count). The highest BCUT2D eigenvalue weighted by atomic mass is 32.2. The Balaban J connectivity index is 1.89. The third-order valence-electron chi connectivity index (χ3n) is 4.32. The SMILES string of the molecule is COc1ccc(NC(=O)C(C)OC(=O)CCNS(=O)(=O)c2cn(C)c(C)n2)c([N+](=O)[O-])c1. The fourth-order valence-electron chi connectivity index (χ4n) is 2.46. The van der Waals surface area contributed by atoms with Crippen LogP contribution >= 0.6 is 0 Å². The number of ether oxygens (including phenoxy) is 2. The molecule has 1 aromatic carbocycles. The molecule has 0 aliphatic carbocycles. The second-order valence-corrected chi connectivity index (χ2v) is 8.36. The molecule has 1 atom stereocenters. The average molecular weight is 469 g/mol. The number of anilines is 1. The Labute approximate surface area is 183 Å². The van der Waals surface area contributed by atoms with Gasteiger partial charge in [0.25, 0.3) is 21.6 Å². The standard InChI is InChI=1S/C18H23N5O8S/c1-11(18(25)21-14-6-5-13(30-4)9-15(14)23(26)27)31-17(24)7-8-19-32(28,29)16-10-22(3)12(2)20-16/h5-6,9-11,19H,7-8H2,1-4H3,(H,21,25). The number of nitro groups is 1. The lowest BCUT2D eigenvalue weighted by Gasteiger charge is -2.14. The molecule has 0 spiro atoms. The summed E-state index contributed by atoms with van der Waals surface area (Å²) in [6.45, 7) is 2.65. The molecule has 0 aliphatic rings. The minimum atomic E-state index is -3.90. The molecule has 1 unspecified atom stereocenters. The maximum atomic E-state index is 12.3. The summed E-state index contributed by atoms with van der Waals surface area (Å²) in [5, 5.41) is 13.3. The van der Waals surface area contributed by atoms with Gasteiger partial charge in [-0.05, 0) is 26.0 Å². The average Bonchev–Trinajstić information content (AvgIpc) is 3.07. The number of amides is 1. The van der Waals surface area contributed by atoms with Crippen molar-refractivity contribution in [3.63, 3.8) is 0 Å². The minimum absolute atomic E-state index is 0.0953. The first kappa shape index (κ1) is 24.7. The third-order valence-corrected chi connectivity index (χ3v) is 5.65. The highest BCUT2D eigenvalue weighted by Gasteiger charge is 2.23. The van der Waals surface area contributed by atoms with Gasteiger partial charge in [0.05, 0.1) is 24.5 Å². The number of rotatable bonds is 10. The zero-order chi connectivity index (χ0) is 24.1. The van der Waals surface area contributed by atoms with Gasteiger partial charge in [0.2, 0.25) is 0 Å². The van der Waals surface area contributed by atoms with Crippen molar-refractivity contribution in [3.8, 4) is 5.75 Å². The van der Waals surface area contributed by atoms with Crippen LogP contribution < -0.4 is 14.8 Å². The van der Waals surface area contributed by atoms with Crippen molar-refractivity contribution in [3.05, 3.63) is 40.3 Å². The Kier molecular flexibility index (Phi) is 7.88. The molecular formula is C18H23N5O8S. The molecule has 0 saturated carbocycles. The number of sulfonamides is 1. The van der Waals surface area contributed by atoms with E-state index in [9.17, 15) is 28.1 Å². The van der Waals surface area contributed by atoms with Crippen LogP contribution in [0.3, 0.4) is 0 Å². The van der Waals surface area contributed by atoms with Gasteiger partial charge in [-0.25, -0.2) is 18.1 Å². The van der Waals surface area contributed by atoms with E-state index >= 15 is 0 Å². The predicted octanol–water partition coefficient (Wildman–Crippen LogP) is 0.884. The molecule has 174 valence electrons. The van der Waals surface area contributed by atoms with Crippen LogP contribution in [0.2, 0.25) is 0 Å². The van der Waals surface area contributed by atoms with E-state index in [-0.39, 0.29) is 29.4 Å². The van der Waals surface area contributed by atoms with Crippen LogP contribution in [-0.2, 0) is 31.4 Å². The van der Waals surface area contributed by atoms with Gasteiger partial charge in [-0.3, -0.25) is 19.7 Å². The van der Waals surface area contributed by atoms with Crippen molar-refractivity contribution >= 4 is 33.3 Å². The highest BCUT2D eigenvalue weighted by molar-refractivity contribution is 7.89. The number of imidazole rings is 1. The summed E-state index contributed by atoms with van der Waals surface area (Å²) in [6.07, 6.45) is -0.286. The zero-order valence-electron chi connectivity index (χ0n) is 17.8. The second kappa shape index (κ2) is 10.2. The Morgan fingerprint density at radius 1 is 1.34 bits per heavy atom. The summed E-state index contributed by atoms with van der Waals surface area (Å²) < 4.78 is 38.0. The molecule has 1 amide bonds. The fraction of sp³-hybridized carbons (Fsp3) is 0.389. The Bertz CT molecular complexity index is 1110. The van der Waals surface area contributed by atoms with Crippen LogP contribution in [0.4, 0.5) is 11.4 Å². The summed E-state index contributed by atoms with van der Waals surface area (Å²) >= 11 is 0. The van der Waals surface area contributed by atoms with Gasteiger partial charge >= 0.3 is 5.97 Å². The highest BCUT2D eigenvalue weighted by Crippen LogP contribution is 2.29. The number of aryl methyl sites for hydroxylation is 2.